The molecule has 21 heavy (non-hydrogen) atoms. The summed E-state index contributed by atoms with van der Waals surface area (Å²) in [6.45, 7) is 5.44. The summed E-state index contributed by atoms with van der Waals surface area (Å²) >= 11 is 0. The molecular weight excluding hydrogens is 271 g/mol. The predicted molar refractivity (Wildman–Crippen MR) is 80.9 cm³/mol. The van der Waals surface area contributed by atoms with Gasteiger partial charge in [0.05, 0.1) is 17.4 Å². The van der Waals surface area contributed by atoms with Gasteiger partial charge in [-0.3, -0.25) is 4.79 Å². The number of benzene rings is 1. The van der Waals surface area contributed by atoms with Gasteiger partial charge < -0.3 is 15.3 Å². The number of carbonyl (C=O) groups excluding carboxylic acids is 1. The second kappa shape index (κ2) is 6.89. The Labute approximate surface area is 125 Å². The molecular formula is C16H23FN2O2. The van der Waals surface area contributed by atoms with Crippen LogP contribution in [0.2, 0.25) is 0 Å². The highest BCUT2D eigenvalue weighted by molar-refractivity contribution is 5.99. The third kappa shape index (κ3) is 3.53. The second-order valence-electron chi connectivity index (χ2n) is 5.56. The van der Waals surface area contributed by atoms with Crippen LogP contribution in [-0.4, -0.2) is 41.7 Å². The molecule has 0 saturated carbocycles. The van der Waals surface area contributed by atoms with E-state index >= 15 is 0 Å². The average Bonchev–Trinajstić information content (AvgIpc) is 2.49. The number of hydrogen-bond donors (Lipinski definition) is 2. The molecule has 1 saturated heterocycles. The van der Waals surface area contributed by atoms with Gasteiger partial charge in [0, 0.05) is 19.6 Å². The van der Waals surface area contributed by atoms with E-state index < -0.39 is 5.82 Å². The first-order valence-corrected chi connectivity index (χ1v) is 7.54. The molecule has 5 heteroatoms. The molecule has 4 nitrogen and oxygen atoms in total. The van der Waals surface area contributed by atoms with Crippen LogP contribution in [0.25, 0.3) is 0 Å². The zero-order chi connectivity index (χ0) is 15.4. The first-order chi connectivity index (χ1) is 10.0. The summed E-state index contributed by atoms with van der Waals surface area (Å²) in [5.41, 5.74) is 0.662. The first kappa shape index (κ1) is 15.8. The van der Waals surface area contributed by atoms with E-state index in [1.165, 1.54) is 6.07 Å². The third-order valence-corrected chi connectivity index (χ3v) is 4.11. The van der Waals surface area contributed by atoms with Crippen LogP contribution in [0.15, 0.2) is 18.2 Å². The van der Waals surface area contributed by atoms with Crippen molar-refractivity contribution in [2.45, 2.75) is 32.8 Å². The number of carbonyl (C=O) groups is 1. The lowest BCUT2D eigenvalue weighted by Gasteiger charge is -2.33. The Morgan fingerprint density at radius 3 is 2.71 bits per heavy atom. The summed E-state index contributed by atoms with van der Waals surface area (Å²) in [5.74, 6) is -0.300. The van der Waals surface area contributed by atoms with E-state index in [0.29, 0.717) is 25.2 Å². The Hall–Kier alpha value is -1.62. The van der Waals surface area contributed by atoms with Crippen molar-refractivity contribution in [3.8, 4) is 0 Å². The Morgan fingerprint density at radius 2 is 2.14 bits per heavy atom. The van der Waals surface area contributed by atoms with E-state index in [1.54, 1.807) is 24.0 Å². The molecule has 1 fully saturated rings. The highest BCUT2D eigenvalue weighted by atomic mass is 19.1. The number of para-hydroxylation sites is 1. The minimum Gasteiger partial charge on any atom is -0.393 e. The van der Waals surface area contributed by atoms with Gasteiger partial charge in [-0.25, -0.2) is 4.39 Å². The number of rotatable bonds is 4. The van der Waals surface area contributed by atoms with Gasteiger partial charge in [0.1, 0.15) is 5.82 Å². The van der Waals surface area contributed by atoms with Crippen molar-refractivity contribution in [2.75, 3.05) is 25.0 Å². The van der Waals surface area contributed by atoms with Gasteiger partial charge >= 0.3 is 0 Å². The number of likely N-dealkylation sites (tertiary alicyclic amines) is 1. The third-order valence-electron chi connectivity index (χ3n) is 4.11. The largest absolute Gasteiger partial charge is 0.393 e. The van der Waals surface area contributed by atoms with Crippen LogP contribution in [0.3, 0.4) is 0 Å². The molecule has 1 amide bonds. The number of nitrogens with zero attached hydrogens (tertiary/aromatic N) is 1. The SMILES string of the molecule is CCNc1c(F)cccc1C(=O)N1CCC(C(C)O)CC1. The smallest absolute Gasteiger partial charge is 0.256 e. The van der Waals surface area contributed by atoms with E-state index in [4.69, 9.17) is 0 Å². The topological polar surface area (TPSA) is 52.6 Å². The Kier molecular flexibility index (Phi) is 5.17. The van der Waals surface area contributed by atoms with Crippen LogP contribution in [0.4, 0.5) is 10.1 Å². The summed E-state index contributed by atoms with van der Waals surface area (Å²) in [6, 6.07) is 4.57. The molecule has 0 spiro atoms. The minimum absolute atomic E-state index is 0.144. The Balaban J connectivity index is 2.12. The summed E-state index contributed by atoms with van der Waals surface area (Å²) in [6.07, 6.45) is 1.23. The molecule has 1 unspecified atom stereocenters. The van der Waals surface area contributed by atoms with E-state index in [2.05, 4.69) is 5.32 Å². The molecule has 1 aliphatic rings. The molecule has 0 radical (unpaired) electrons. The number of amides is 1. The van der Waals surface area contributed by atoms with Crippen LogP contribution in [0, 0.1) is 11.7 Å². The quantitative estimate of drug-likeness (QED) is 0.897. The highest BCUT2D eigenvalue weighted by Gasteiger charge is 2.27. The van der Waals surface area contributed by atoms with Gasteiger partial charge in [0.15, 0.2) is 0 Å². The lowest BCUT2D eigenvalue weighted by molar-refractivity contribution is 0.0522. The molecule has 2 rings (SSSR count). The zero-order valence-electron chi connectivity index (χ0n) is 12.6. The molecule has 0 bridgehead atoms. The maximum Gasteiger partial charge on any atom is 0.256 e. The highest BCUT2D eigenvalue weighted by Crippen LogP contribution is 2.25. The standard InChI is InChI=1S/C16H23FN2O2/c1-3-18-15-13(5-4-6-14(15)17)16(21)19-9-7-12(8-10-19)11(2)20/h4-6,11-12,18,20H,3,7-10H2,1-2H3. The Morgan fingerprint density at radius 1 is 1.48 bits per heavy atom. The minimum atomic E-state index is -0.401. The van der Waals surface area contributed by atoms with Crippen LogP contribution < -0.4 is 5.32 Å². The number of aliphatic hydroxyl groups is 1. The second-order valence-corrected chi connectivity index (χ2v) is 5.56. The predicted octanol–water partition coefficient (Wildman–Crippen LogP) is 2.49. The fourth-order valence-corrected chi connectivity index (χ4v) is 2.81. The number of nitrogens with one attached hydrogen (secondary N) is 1. The van der Waals surface area contributed by atoms with Gasteiger partial charge in [0.25, 0.3) is 5.91 Å². The maximum atomic E-state index is 13.9. The van der Waals surface area contributed by atoms with Crippen LogP contribution in [0.5, 0.6) is 0 Å². The number of anilines is 1. The van der Waals surface area contributed by atoms with E-state index in [1.807, 2.05) is 6.92 Å². The number of aliphatic hydroxyl groups excluding tert-OH is 1. The van der Waals surface area contributed by atoms with Crippen molar-refractivity contribution in [1.82, 2.24) is 4.90 Å². The van der Waals surface area contributed by atoms with E-state index in [9.17, 15) is 14.3 Å². The molecule has 2 N–H and O–H groups in total. The summed E-state index contributed by atoms with van der Waals surface area (Å²) in [7, 11) is 0. The molecule has 1 heterocycles. The fourth-order valence-electron chi connectivity index (χ4n) is 2.81. The van der Waals surface area contributed by atoms with Crippen molar-refractivity contribution in [3.05, 3.63) is 29.6 Å². The number of halogens is 1. The molecule has 1 atom stereocenters. The van der Waals surface area contributed by atoms with Gasteiger partial charge in [-0.2, -0.15) is 0 Å². The Bertz CT molecular complexity index is 497. The lowest BCUT2D eigenvalue weighted by Crippen LogP contribution is -2.41. The fraction of sp³-hybridized carbons (Fsp3) is 0.562. The summed E-state index contributed by atoms with van der Waals surface area (Å²) < 4.78 is 13.9. The van der Waals surface area contributed by atoms with Gasteiger partial charge in [-0.1, -0.05) is 6.07 Å². The molecule has 0 aromatic heterocycles. The zero-order valence-corrected chi connectivity index (χ0v) is 12.6. The van der Waals surface area contributed by atoms with Crippen molar-refractivity contribution >= 4 is 11.6 Å². The summed E-state index contributed by atoms with van der Waals surface area (Å²) in [4.78, 5) is 14.3. The van der Waals surface area contributed by atoms with Crippen molar-refractivity contribution in [3.63, 3.8) is 0 Å². The van der Waals surface area contributed by atoms with Gasteiger partial charge in [-0.05, 0) is 44.7 Å². The monoisotopic (exact) mass is 294 g/mol. The molecule has 116 valence electrons. The lowest BCUT2D eigenvalue weighted by atomic mass is 9.92. The molecule has 1 aromatic carbocycles. The molecule has 0 aliphatic carbocycles. The van der Waals surface area contributed by atoms with Crippen LogP contribution >= 0.6 is 0 Å². The van der Waals surface area contributed by atoms with Crippen molar-refractivity contribution in [2.24, 2.45) is 5.92 Å². The number of piperidine rings is 1. The molecule has 1 aliphatic heterocycles. The van der Waals surface area contributed by atoms with Crippen LogP contribution in [-0.2, 0) is 0 Å². The average molecular weight is 294 g/mol. The van der Waals surface area contributed by atoms with Gasteiger partial charge in [0.2, 0.25) is 0 Å². The number of hydrogen-bond acceptors (Lipinski definition) is 3. The normalized spacial score (nSPS) is 17.6. The van der Waals surface area contributed by atoms with Gasteiger partial charge in [-0.15, -0.1) is 0 Å². The van der Waals surface area contributed by atoms with Crippen LogP contribution in [0.1, 0.15) is 37.0 Å². The van der Waals surface area contributed by atoms with Crippen molar-refractivity contribution in [1.29, 1.82) is 0 Å². The molecule has 1 aromatic rings. The van der Waals surface area contributed by atoms with Crippen molar-refractivity contribution < 1.29 is 14.3 Å². The van der Waals surface area contributed by atoms with E-state index in [-0.39, 0.29) is 23.6 Å². The first-order valence-electron chi connectivity index (χ1n) is 7.54. The maximum absolute atomic E-state index is 13.9. The van der Waals surface area contributed by atoms with E-state index in [0.717, 1.165) is 12.8 Å². The summed E-state index contributed by atoms with van der Waals surface area (Å²) in [5, 5.41) is 12.5.